The number of alkyl halides is 1. The van der Waals surface area contributed by atoms with Crippen LogP contribution < -0.4 is 0 Å². The van der Waals surface area contributed by atoms with E-state index >= 15 is 0 Å². The summed E-state index contributed by atoms with van der Waals surface area (Å²) in [6.45, 7) is 0. The molecule has 0 N–H and O–H groups in total. The van der Waals surface area contributed by atoms with Gasteiger partial charge in [-0.15, -0.1) is 11.6 Å². The molecule has 0 aliphatic carbocycles. The summed E-state index contributed by atoms with van der Waals surface area (Å²) in [5, 5.41) is 0. The number of halogens is 1. The zero-order valence-electron chi connectivity index (χ0n) is 9.38. The van der Waals surface area contributed by atoms with Crippen molar-refractivity contribution in [1.82, 2.24) is 0 Å². The van der Waals surface area contributed by atoms with E-state index in [2.05, 4.69) is 30.3 Å². The van der Waals surface area contributed by atoms with Crippen molar-refractivity contribution in [2.45, 2.75) is 6.04 Å². The highest BCUT2D eigenvalue weighted by Gasteiger charge is 2.19. The van der Waals surface area contributed by atoms with Crippen LogP contribution in [0, 0.1) is 0 Å². The van der Waals surface area contributed by atoms with Crippen LogP contribution in [0.25, 0.3) is 0 Å². The fraction of sp³-hybridized carbons (Fsp3) is 0.308. The molecular formula is C13H14ClNS2. The van der Waals surface area contributed by atoms with Crippen molar-refractivity contribution < 1.29 is 0 Å². The largest absolute Gasteiger partial charge is 0.263 e. The molecule has 1 nitrogen and oxygen atoms in total. The molecule has 0 fully saturated rings. The molecule has 1 aromatic carbocycles. The lowest BCUT2D eigenvalue weighted by atomic mass is 10.1. The Morgan fingerprint density at radius 3 is 2.94 bits per heavy atom. The van der Waals surface area contributed by atoms with Crippen molar-refractivity contribution in [3.63, 3.8) is 0 Å². The molecule has 1 aliphatic heterocycles. The molecule has 90 valence electrons. The number of thioether (sulfide) groups is 2. The van der Waals surface area contributed by atoms with Gasteiger partial charge in [0.15, 0.2) is 0 Å². The predicted octanol–water partition coefficient (Wildman–Crippen LogP) is 4.36. The van der Waals surface area contributed by atoms with E-state index in [1.807, 2.05) is 23.9 Å². The molecule has 0 amide bonds. The van der Waals surface area contributed by atoms with Crippen LogP contribution in [0.1, 0.15) is 11.6 Å². The van der Waals surface area contributed by atoms with Gasteiger partial charge < -0.3 is 0 Å². The Morgan fingerprint density at radius 2 is 2.18 bits per heavy atom. The quantitative estimate of drug-likeness (QED) is 0.601. The lowest BCUT2D eigenvalue weighted by molar-refractivity contribution is 0.851. The second kappa shape index (κ2) is 7.14. The Kier molecular flexibility index (Phi) is 5.49. The third-order valence-electron chi connectivity index (χ3n) is 2.37. The maximum absolute atomic E-state index is 5.57. The summed E-state index contributed by atoms with van der Waals surface area (Å²) >= 11 is 9.21. The van der Waals surface area contributed by atoms with Gasteiger partial charge in [0.05, 0.1) is 6.04 Å². The Morgan fingerprint density at radius 1 is 1.35 bits per heavy atom. The smallest absolute Gasteiger partial charge is 0.125 e. The van der Waals surface area contributed by atoms with Gasteiger partial charge in [0.25, 0.3) is 0 Å². The van der Waals surface area contributed by atoms with Crippen LogP contribution in [0.4, 0.5) is 0 Å². The molecule has 0 unspecified atom stereocenters. The molecule has 1 aliphatic rings. The van der Waals surface area contributed by atoms with E-state index < -0.39 is 0 Å². The lowest BCUT2D eigenvalue weighted by Crippen LogP contribution is -1.92. The Balaban J connectivity index is 1.88. The van der Waals surface area contributed by atoms with Gasteiger partial charge in [0.1, 0.15) is 4.38 Å². The molecule has 0 saturated heterocycles. The SMILES string of the molecule is ClC/C=C/CSC1=N[C@H](c2ccccc2)CS1. The molecule has 1 atom stereocenters. The van der Waals surface area contributed by atoms with E-state index in [4.69, 9.17) is 16.6 Å². The van der Waals surface area contributed by atoms with Crippen LogP contribution in [0.2, 0.25) is 0 Å². The number of aliphatic imine (C=N–C) groups is 1. The van der Waals surface area contributed by atoms with E-state index in [0.29, 0.717) is 11.9 Å². The summed E-state index contributed by atoms with van der Waals surface area (Å²) in [6, 6.07) is 10.8. The molecule has 0 radical (unpaired) electrons. The number of rotatable bonds is 4. The van der Waals surface area contributed by atoms with Gasteiger partial charge in [-0.2, -0.15) is 0 Å². The van der Waals surface area contributed by atoms with Crippen LogP contribution in [0.15, 0.2) is 47.5 Å². The highest BCUT2D eigenvalue weighted by molar-refractivity contribution is 8.39. The van der Waals surface area contributed by atoms with Crippen molar-refractivity contribution >= 4 is 39.5 Å². The summed E-state index contributed by atoms with van der Waals surface area (Å²) in [5.41, 5.74) is 1.31. The summed E-state index contributed by atoms with van der Waals surface area (Å²) in [4.78, 5) is 4.73. The average molecular weight is 284 g/mol. The fourth-order valence-corrected chi connectivity index (χ4v) is 3.74. The Hall–Kier alpha value is -0.380. The van der Waals surface area contributed by atoms with E-state index in [0.717, 1.165) is 11.5 Å². The number of benzene rings is 1. The minimum absolute atomic E-state index is 0.334. The van der Waals surface area contributed by atoms with Crippen molar-refractivity contribution in [1.29, 1.82) is 0 Å². The minimum Gasteiger partial charge on any atom is -0.263 e. The number of allylic oxidation sites excluding steroid dienone is 1. The van der Waals surface area contributed by atoms with Gasteiger partial charge in [0, 0.05) is 17.4 Å². The molecule has 2 rings (SSSR count). The second-order valence-electron chi connectivity index (χ2n) is 3.57. The first-order chi connectivity index (χ1) is 8.40. The van der Waals surface area contributed by atoms with Crippen molar-refractivity contribution in [2.24, 2.45) is 4.99 Å². The van der Waals surface area contributed by atoms with Crippen LogP contribution in [0.3, 0.4) is 0 Å². The highest BCUT2D eigenvalue weighted by atomic mass is 35.5. The number of hydrogen-bond donors (Lipinski definition) is 0. The predicted molar refractivity (Wildman–Crippen MR) is 81.4 cm³/mol. The zero-order valence-corrected chi connectivity index (χ0v) is 11.8. The van der Waals surface area contributed by atoms with Crippen LogP contribution in [-0.2, 0) is 0 Å². The van der Waals surface area contributed by atoms with Gasteiger partial charge in [-0.25, -0.2) is 0 Å². The molecule has 0 bridgehead atoms. The summed E-state index contributed by atoms with van der Waals surface area (Å²) in [5.74, 6) is 2.61. The molecule has 0 saturated carbocycles. The molecule has 17 heavy (non-hydrogen) atoms. The van der Waals surface area contributed by atoms with Crippen LogP contribution in [0.5, 0.6) is 0 Å². The van der Waals surface area contributed by atoms with Gasteiger partial charge in [-0.05, 0) is 5.56 Å². The molecule has 4 heteroatoms. The average Bonchev–Trinajstić information content (AvgIpc) is 2.85. The van der Waals surface area contributed by atoms with Crippen LogP contribution in [-0.4, -0.2) is 21.8 Å². The first-order valence-electron chi connectivity index (χ1n) is 5.49. The third-order valence-corrected chi connectivity index (χ3v) is 4.80. The van der Waals surface area contributed by atoms with Crippen molar-refractivity contribution in [3.05, 3.63) is 48.0 Å². The Labute approximate surface area is 116 Å². The molecule has 0 spiro atoms. The van der Waals surface area contributed by atoms with Crippen molar-refractivity contribution in [3.8, 4) is 0 Å². The van der Waals surface area contributed by atoms with Gasteiger partial charge in [0.2, 0.25) is 0 Å². The molecule has 0 aromatic heterocycles. The lowest BCUT2D eigenvalue weighted by Gasteiger charge is -2.04. The molecular weight excluding hydrogens is 270 g/mol. The van der Waals surface area contributed by atoms with Crippen molar-refractivity contribution in [2.75, 3.05) is 17.4 Å². The minimum atomic E-state index is 0.334. The number of hydrogen-bond acceptors (Lipinski definition) is 3. The fourth-order valence-electron chi connectivity index (χ4n) is 1.53. The zero-order chi connectivity index (χ0) is 11.9. The van der Waals surface area contributed by atoms with Crippen LogP contribution >= 0.6 is 35.1 Å². The Bertz CT molecular complexity index is 403. The first-order valence-corrected chi connectivity index (χ1v) is 8.00. The standard InChI is InChI=1S/C13H14ClNS2/c14-8-4-5-9-16-13-15-12(10-17-13)11-6-2-1-3-7-11/h1-7,12H,8-10H2/b5-4+/t12-/m0/s1. The van der Waals surface area contributed by atoms with E-state index in [1.54, 1.807) is 11.8 Å². The normalized spacial score (nSPS) is 19.8. The van der Waals surface area contributed by atoms with Gasteiger partial charge in [-0.1, -0.05) is 66.0 Å². The maximum Gasteiger partial charge on any atom is 0.125 e. The first kappa shape index (κ1) is 13.1. The highest BCUT2D eigenvalue weighted by Crippen LogP contribution is 2.34. The van der Waals surface area contributed by atoms with Gasteiger partial charge >= 0.3 is 0 Å². The number of nitrogens with zero attached hydrogens (tertiary/aromatic N) is 1. The maximum atomic E-state index is 5.57. The third kappa shape index (κ3) is 4.09. The molecule has 1 heterocycles. The monoisotopic (exact) mass is 283 g/mol. The van der Waals surface area contributed by atoms with E-state index in [9.17, 15) is 0 Å². The van der Waals surface area contributed by atoms with E-state index in [-0.39, 0.29) is 0 Å². The summed E-state index contributed by atoms with van der Waals surface area (Å²) in [7, 11) is 0. The summed E-state index contributed by atoms with van der Waals surface area (Å²) in [6.07, 6.45) is 4.07. The van der Waals surface area contributed by atoms with E-state index in [1.165, 1.54) is 9.94 Å². The second-order valence-corrected chi connectivity index (χ2v) is 6.15. The molecule has 1 aromatic rings. The van der Waals surface area contributed by atoms with Gasteiger partial charge in [-0.3, -0.25) is 4.99 Å². The summed E-state index contributed by atoms with van der Waals surface area (Å²) < 4.78 is 1.19. The topological polar surface area (TPSA) is 12.4 Å².